The largest absolute Gasteiger partial charge is 0.386 e. The number of benzene rings is 3. The van der Waals surface area contributed by atoms with Gasteiger partial charge in [-0.3, -0.25) is 4.90 Å². The quantitative estimate of drug-likeness (QED) is 0.477. The monoisotopic (exact) mass is 450 g/mol. The van der Waals surface area contributed by atoms with Crippen molar-refractivity contribution in [1.82, 2.24) is 10.2 Å². The average Bonchev–Trinajstić information content (AvgIpc) is 2.78. The number of aliphatic hydroxyl groups is 1. The smallest absolute Gasteiger partial charge is 0.123 e. The molecule has 0 aliphatic carbocycles. The van der Waals surface area contributed by atoms with Gasteiger partial charge in [0, 0.05) is 32.2 Å². The van der Waals surface area contributed by atoms with Crippen molar-refractivity contribution in [2.45, 2.75) is 51.4 Å². The molecule has 1 atom stereocenters. The highest BCUT2D eigenvalue weighted by Gasteiger charge is 2.26. The number of hydrogen-bond donors (Lipinski definition) is 2. The van der Waals surface area contributed by atoms with Gasteiger partial charge in [0.05, 0.1) is 5.60 Å². The second-order valence-corrected chi connectivity index (χ2v) is 9.50. The van der Waals surface area contributed by atoms with Gasteiger partial charge < -0.3 is 10.4 Å². The summed E-state index contributed by atoms with van der Waals surface area (Å²) in [5, 5.41) is 13.6. The van der Waals surface area contributed by atoms with Crippen molar-refractivity contribution in [2.24, 2.45) is 0 Å². The fourth-order valence-electron chi connectivity index (χ4n) is 4.51. The van der Waals surface area contributed by atoms with Crippen LogP contribution in [0.3, 0.4) is 0 Å². The van der Waals surface area contributed by atoms with Crippen LogP contribution in [-0.2, 0) is 31.5 Å². The number of halogens is 2. The van der Waals surface area contributed by atoms with E-state index in [0.717, 1.165) is 55.7 Å². The number of hydrogen-bond acceptors (Lipinski definition) is 3. The maximum atomic E-state index is 13.8. The third-order valence-electron chi connectivity index (χ3n) is 6.46. The predicted octanol–water partition coefficient (Wildman–Crippen LogP) is 4.95. The van der Waals surface area contributed by atoms with Crippen LogP contribution in [0.1, 0.15) is 41.7 Å². The molecule has 33 heavy (non-hydrogen) atoms. The van der Waals surface area contributed by atoms with E-state index in [2.05, 4.69) is 10.2 Å². The lowest BCUT2D eigenvalue weighted by Crippen LogP contribution is -2.44. The fraction of sp³-hybridized carbons (Fsp3) is 0.357. The van der Waals surface area contributed by atoms with E-state index >= 15 is 0 Å². The Kier molecular flexibility index (Phi) is 7.23. The zero-order chi connectivity index (χ0) is 23.4. The maximum Gasteiger partial charge on any atom is 0.123 e. The molecule has 3 nitrogen and oxygen atoms in total. The third kappa shape index (κ3) is 6.26. The Labute approximate surface area is 195 Å². The highest BCUT2D eigenvalue weighted by molar-refractivity contribution is 5.32. The lowest BCUT2D eigenvalue weighted by Gasteiger charge is -2.37. The number of fused-ring (bicyclic) bond motifs is 1. The Morgan fingerprint density at radius 1 is 0.909 bits per heavy atom. The van der Waals surface area contributed by atoms with Gasteiger partial charge in [-0.05, 0) is 78.8 Å². The van der Waals surface area contributed by atoms with E-state index in [-0.39, 0.29) is 17.7 Å². The van der Waals surface area contributed by atoms with Crippen LogP contribution in [0.25, 0.3) is 0 Å². The number of rotatable bonds is 8. The lowest BCUT2D eigenvalue weighted by molar-refractivity contribution is 0.0786. The molecule has 3 aromatic carbocycles. The van der Waals surface area contributed by atoms with E-state index in [1.165, 1.54) is 29.3 Å². The molecule has 0 spiro atoms. The van der Waals surface area contributed by atoms with E-state index in [1.807, 2.05) is 42.5 Å². The lowest BCUT2D eigenvalue weighted by atomic mass is 9.90. The Hall–Kier alpha value is -2.60. The average molecular weight is 451 g/mol. The van der Waals surface area contributed by atoms with Gasteiger partial charge >= 0.3 is 0 Å². The molecule has 5 heteroatoms. The number of nitrogens with one attached hydrogen (secondary N) is 1. The van der Waals surface area contributed by atoms with Crippen LogP contribution in [0.15, 0.2) is 66.7 Å². The molecule has 2 N–H and O–H groups in total. The molecule has 0 aromatic heterocycles. The molecule has 1 aliphatic heterocycles. The molecule has 4 rings (SSSR count). The van der Waals surface area contributed by atoms with Gasteiger partial charge in [0.25, 0.3) is 0 Å². The summed E-state index contributed by atoms with van der Waals surface area (Å²) in [5.41, 5.74) is 4.57. The summed E-state index contributed by atoms with van der Waals surface area (Å²) in [5.74, 6) is -0.425. The summed E-state index contributed by atoms with van der Waals surface area (Å²) in [6.45, 7) is 6.80. The van der Waals surface area contributed by atoms with Crippen molar-refractivity contribution in [3.63, 3.8) is 0 Å². The van der Waals surface area contributed by atoms with Crippen molar-refractivity contribution in [1.29, 1.82) is 0 Å². The first kappa shape index (κ1) is 23.6. The van der Waals surface area contributed by atoms with E-state index in [0.29, 0.717) is 0 Å². The maximum absolute atomic E-state index is 13.8. The molecule has 1 heterocycles. The predicted molar refractivity (Wildman–Crippen MR) is 128 cm³/mol. The van der Waals surface area contributed by atoms with Gasteiger partial charge in [0.1, 0.15) is 11.6 Å². The first-order valence-electron chi connectivity index (χ1n) is 11.6. The summed E-state index contributed by atoms with van der Waals surface area (Å²) < 4.78 is 27.1. The van der Waals surface area contributed by atoms with E-state index < -0.39 is 5.60 Å². The van der Waals surface area contributed by atoms with E-state index in [9.17, 15) is 13.9 Å². The van der Waals surface area contributed by atoms with Crippen LogP contribution < -0.4 is 5.32 Å². The molecule has 0 amide bonds. The summed E-state index contributed by atoms with van der Waals surface area (Å²) >= 11 is 0. The normalized spacial score (nSPS) is 16.6. The molecule has 1 aliphatic rings. The minimum absolute atomic E-state index is 0.194. The van der Waals surface area contributed by atoms with Crippen molar-refractivity contribution >= 4 is 0 Å². The standard InChI is InChI=1S/C28H32F2N2O/c1-28(2,33)24-8-3-21(4-9-24)18-31-13-14-32-19-22-7-12-26(30)16-23(22)17-27(32)15-20-5-10-25(29)11-6-20/h3-12,16,27,31,33H,13-15,17-19H2,1-2H3. The Balaban J connectivity index is 1.38. The molecule has 3 aromatic rings. The van der Waals surface area contributed by atoms with Gasteiger partial charge in [-0.25, -0.2) is 8.78 Å². The van der Waals surface area contributed by atoms with Crippen LogP contribution in [0.4, 0.5) is 8.78 Å². The number of nitrogens with zero attached hydrogens (tertiary/aromatic N) is 1. The first-order valence-corrected chi connectivity index (χ1v) is 11.6. The second-order valence-electron chi connectivity index (χ2n) is 9.50. The topological polar surface area (TPSA) is 35.5 Å². The highest BCUT2D eigenvalue weighted by atomic mass is 19.1. The Bertz CT molecular complexity index is 1060. The summed E-state index contributed by atoms with van der Waals surface area (Å²) in [6, 6.07) is 20.0. The molecule has 0 radical (unpaired) electrons. The van der Waals surface area contributed by atoms with Gasteiger partial charge in [-0.2, -0.15) is 0 Å². The van der Waals surface area contributed by atoms with Gasteiger partial charge in [0.15, 0.2) is 0 Å². The van der Waals surface area contributed by atoms with Crippen molar-refractivity contribution in [3.8, 4) is 0 Å². The van der Waals surface area contributed by atoms with Gasteiger partial charge in [0.2, 0.25) is 0 Å². The first-order chi connectivity index (χ1) is 15.8. The van der Waals surface area contributed by atoms with Crippen LogP contribution >= 0.6 is 0 Å². The minimum atomic E-state index is -0.834. The summed E-state index contributed by atoms with van der Waals surface area (Å²) in [7, 11) is 0. The van der Waals surface area contributed by atoms with Crippen LogP contribution in [0.5, 0.6) is 0 Å². The third-order valence-corrected chi connectivity index (χ3v) is 6.46. The Morgan fingerprint density at radius 2 is 1.58 bits per heavy atom. The van der Waals surface area contributed by atoms with Crippen LogP contribution in [0.2, 0.25) is 0 Å². The summed E-state index contributed by atoms with van der Waals surface area (Å²) in [6.07, 6.45) is 1.58. The highest BCUT2D eigenvalue weighted by Crippen LogP contribution is 2.26. The van der Waals surface area contributed by atoms with Crippen molar-refractivity contribution in [3.05, 3.63) is 106 Å². The van der Waals surface area contributed by atoms with E-state index in [1.54, 1.807) is 19.9 Å². The van der Waals surface area contributed by atoms with E-state index in [4.69, 9.17) is 0 Å². The SMILES string of the molecule is CC(C)(O)c1ccc(CNCCN2Cc3ccc(F)cc3CC2Cc2ccc(F)cc2)cc1. The molecule has 174 valence electrons. The Morgan fingerprint density at radius 3 is 2.27 bits per heavy atom. The van der Waals surface area contributed by atoms with Crippen LogP contribution in [-0.4, -0.2) is 29.1 Å². The van der Waals surface area contributed by atoms with Crippen molar-refractivity contribution < 1.29 is 13.9 Å². The fourth-order valence-corrected chi connectivity index (χ4v) is 4.51. The second kappa shape index (κ2) is 10.1. The molecular formula is C28H32F2N2O. The molecule has 0 saturated carbocycles. The minimum Gasteiger partial charge on any atom is -0.386 e. The van der Waals surface area contributed by atoms with Crippen LogP contribution in [0, 0.1) is 11.6 Å². The zero-order valence-electron chi connectivity index (χ0n) is 19.3. The zero-order valence-corrected chi connectivity index (χ0v) is 19.3. The van der Waals surface area contributed by atoms with Crippen molar-refractivity contribution in [2.75, 3.05) is 13.1 Å². The molecule has 0 fully saturated rings. The molecule has 1 unspecified atom stereocenters. The molecule has 0 saturated heterocycles. The molecular weight excluding hydrogens is 418 g/mol. The van der Waals surface area contributed by atoms with Gasteiger partial charge in [-0.1, -0.05) is 42.5 Å². The molecule has 0 bridgehead atoms. The van der Waals surface area contributed by atoms with Gasteiger partial charge in [-0.15, -0.1) is 0 Å². The summed E-state index contributed by atoms with van der Waals surface area (Å²) in [4.78, 5) is 2.44.